The number of anilines is 1. The van der Waals surface area contributed by atoms with E-state index < -0.39 is 17.0 Å². The number of rotatable bonds is 4. The second-order valence-corrected chi connectivity index (χ2v) is 11.0. The molecule has 0 fully saturated rings. The largest absolute Gasteiger partial charge is 0.325 e. The molecule has 2 N–H and O–H groups in total. The van der Waals surface area contributed by atoms with E-state index in [2.05, 4.69) is 31.2 Å². The Bertz CT molecular complexity index is 1510. The third kappa shape index (κ3) is 3.97. The van der Waals surface area contributed by atoms with Gasteiger partial charge in [0.1, 0.15) is 0 Å². The van der Waals surface area contributed by atoms with Gasteiger partial charge in [0.05, 0.1) is 5.54 Å². The lowest BCUT2D eigenvalue weighted by Crippen LogP contribution is -2.68. The average molecular weight is 503 g/mol. The normalized spacial score (nSPS) is 20.1. The van der Waals surface area contributed by atoms with Gasteiger partial charge in [-0.1, -0.05) is 84.9 Å². The molecule has 4 heteroatoms. The van der Waals surface area contributed by atoms with Crippen LogP contribution in [0.15, 0.2) is 97.1 Å². The molecule has 1 aliphatic rings. The van der Waals surface area contributed by atoms with E-state index in [0.29, 0.717) is 11.1 Å². The second-order valence-electron chi connectivity index (χ2n) is 11.0. The molecule has 1 amide bonds. The highest BCUT2D eigenvalue weighted by molar-refractivity contribution is 6.11. The molecule has 0 aliphatic carbocycles. The van der Waals surface area contributed by atoms with E-state index in [1.807, 2.05) is 93.6 Å². The molecule has 4 aromatic rings. The average Bonchev–Trinajstić information content (AvgIpc) is 2.92. The van der Waals surface area contributed by atoms with E-state index in [-0.39, 0.29) is 11.7 Å². The Hall–Kier alpha value is -4.02. The molecule has 0 spiro atoms. The second kappa shape index (κ2) is 9.38. The molecule has 0 radical (unpaired) electrons. The highest BCUT2D eigenvalue weighted by Crippen LogP contribution is 2.50. The van der Waals surface area contributed by atoms with Crippen LogP contribution in [0.2, 0.25) is 0 Å². The van der Waals surface area contributed by atoms with Gasteiger partial charge >= 0.3 is 0 Å². The first-order chi connectivity index (χ1) is 18.1. The molecule has 1 aliphatic heterocycles. The first kappa shape index (κ1) is 25.6. The maximum Gasteiger partial charge on any atom is 0.224 e. The van der Waals surface area contributed by atoms with Gasteiger partial charge in [-0.2, -0.15) is 0 Å². The Kier molecular flexibility index (Phi) is 6.32. The van der Waals surface area contributed by atoms with E-state index in [1.165, 1.54) is 0 Å². The van der Waals surface area contributed by atoms with Gasteiger partial charge in [0.25, 0.3) is 0 Å². The SMILES string of the molecule is CC(=O)N1c2cc(C)c(C(=O)c3ccc(-c4ccccc4)cc3)cc2C(C)(c2ccccc2)C(N)C1(C)C. The standard InChI is InChI=1S/C34H34N2O2/c1-22-20-30-29(21-28(22)31(38)26-18-16-25(17-19-26)24-12-8-6-9-13-24)34(5,27-14-10-7-11-15-27)32(35)33(3,4)36(30)23(2)37/h6-21,32H,35H2,1-5H3. The number of hydrogen-bond acceptors (Lipinski definition) is 3. The molecule has 5 rings (SSSR count). The van der Waals surface area contributed by atoms with Crippen molar-refractivity contribution in [1.82, 2.24) is 0 Å². The fourth-order valence-corrected chi connectivity index (χ4v) is 6.16. The number of ketones is 1. The van der Waals surface area contributed by atoms with Crippen molar-refractivity contribution in [3.63, 3.8) is 0 Å². The minimum atomic E-state index is -0.644. The van der Waals surface area contributed by atoms with E-state index in [9.17, 15) is 9.59 Å². The summed E-state index contributed by atoms with van der Waals surface area (Å²) in [5.41, 5.74) is 12.8. The fraction of sp³-hybridized carbons (Fsp3) is 0.235. The number of aryl methyl sites for hydroxylation is 1. The topological polar surface area (TPSA) is 63.4 Å². The zero-order valence-electron chi connectivity index (χ0n) is 22.7. The van der Waals surface area contributed by atoms with Crippen molar-refractivity contribution in [2.75, 3.05) is 4.90 Å². The summed E-state index contributed by atoms with van der Waals surface area (Å²) in [5, 5.41) is 0. The van der Waals surface area contributed by atoms with Gasteiger partial charge in [0.15, 0.2) is 5.78 Å². The number of nitrogens with zero attached hydrogens (tertiary/aromatic N) is 1. The van der Waals surface area contributed by atoms with Crippen molar-refractivity contribution in [2.45, 2.75) is 51.6 Å². The van der Waals surface area contributed by atoms with E-state index >= 15 is 0 Å². The van der Waals surface area contributed by atoms with Crippen molar-refractivity contribution >= 4 is 17.4 Å². The monoisotopic (exact) mass is 502 g/mol. The number of carbonyl (C=O) groups excluding carboxylic acids is 2. The van der Waals surface area contributed by atoms with Crippen molar-refractivity contribution in [1.29, 1.82) is 0 Å². The minimum Gasteiger partial charge on any atom is -0.325 e. The number of hydrogen-bond donors (Lipinski definition) is 1. The molecule has 4 aromatic carbocycles. The van der Waals surface area contributed by atoms with Crippen LogP contribution in [-0.2, 0) is 10.2 Å². The minimum absolute atomic E-state index is 0.0481. The van der Waals surface area contributed by atoms with Crippen molar-refractivity contribution in [3.05, 3.63) is 125 Å². The van der Waals surface area contributed by atoms with Crippen LogP contribution >= 0.6 is 0 Å². The molecule has 0 saturated heterocycles. The van der Waals surface area contributed by atoms with E-state index in [1.54, 1.807) is 11.8 Å². The van der Waals surface area contributed by atoms with Gasteiger partial charge in [-0.05, 0) is 67.6 Å². The zero-order chi connectivity index (χ0) is 27.2. The Morgan fingerprint density at radius 1 is 0.789 bits per heavy atom. The smallest absolute Gasteiger partial charge is 0.224 e. The lowest BCUT2D eigenvalue weighted by Gasteiger charge is -2.55. The molecule has 4 nitrogen and oxygen atoms in total. The van der Waals surface area contributed by atoms with Crippen molar-refractivity contribution < 1.29 is 9.59 Å². The maximum atomic E-state index is 13.9. The van der Waals surface area contributed by atoms with Gasteiger partial charge < -0.3 is 10.6 Å². The summed E-state index contributed by atoms with van der Waals surface area (Å²) < 4.78 is 0. The van der Waals surface area contributed by atoms with Crippen LogP contribution in [0.25, 0.3) is 11.1 Å². The zero-order valence-corrected chi connectivity index (χ0v) is 22.7. The summed E-state index contributed by atoms with van der Waals surface area (Å²) >= 11 is 0. The highest BCUT2D eigenvalue weighted by Gasteiger charge is 2.53. The van der Waals surface area contributed by atoms with E-state index in [4.69, 9.17) is 5.73 Å². The van der Waals surface area contributed by atoms with Gasteiger partial charge in [-0.3, -0.25) is 9.59 Å². The number of carbonyl (C=O) groups is 2. The molecule has 0 saturated carbocycles. The Morgan fingerprint density at radius 3 is 1.92 bits per heavy atom. The third-order valence-electron chi connectivity index (χ3n) is 8.29. The number of nitrogens with two attached hydrogens (primary N) is 1. The number of fused-ring (bicyclic) bond motifs is 1. The fourth-order valence-electron chi connectivity index (χ4n) is 6.16. The molecule has 2 atom stereocenters. The maximum absolute atomic E-state index is 13.9. The van der Waals surface area contributed by atoms with Gasteiger partial charge in [0, 0.05) is 35.2 Å². The molecule has 1 heterocycles. The molecule has 38 heavy (non-hydrogen) atoms. The van der Waals surface area contributed by atoms with Crippen LogP contribution in [0.5, 0.6) is 0 Å². The highest BCUT2D eigenvalue weighted by atomic mass is 16.2. The molecule has 192 valence electrons. The summed E-state index contributed by atoms with van der Waals surface area (Å²) in [6.07, 6.45) is 0. The molecular formula is C34H34N2O2. The summed E-state index contributed by atoms with van der Waals surface area (Å²) in [6.45, 7) is 9.68. The molecule has 0 aromatic heterocycles. The number of amides is 1. The molecule has 0 bridgehead atoms. The first-order valence-electron chi connectivity index (χ1n) is 13.0. The molecule has 2 unspecified atom stereocenters. The Labute approximate surface area is 225 Å². The Morgan fingerprint density at radius 2 is 1.34 bits per heavy atom. The number of benzene rings is 4. The summed E-state index contributed by atoms with van der Waals surface area (Å²) in [4.78, 5) is 28.6. The van der Waals surface area contributed by atoms with Crippen LogP contribution in [-0.4, -0.2) is 23.3 Å². The van der Waals surface area contributed by atoms with Gasteiger partial charge in [-0.15, -0.1) is 0 Å². The summed E-state index contributed by atoms with van der Waals surface area (Å²) in [5.74, 6) is -0.120. The van der Waals surface area contributed by atoms with Crippen molar-refractivity contribution in [2.24, 2.45) is 5.73 Å². The predicted octanol–water partition coefficient (Wildman–Crippen LogP) is 6.67. The molecular weight excluding hydrogens is 468 g/mol. The van der Waals surface area contributed by atoms with Crippen molar-refractivity contribution in [3.8, 4) is 11.1 Å². The quantitative estimate of drug-likeness (QED) is 0.317. The lowest BCUT2D eigenvalue weighted by molar-refractivity contribution is -0.118. The lowest BCUT2D eigenvalue weighted by atomic mass is 9.61. The van der Waals surface area contributed by atoms with E-state index in [0.717, 1.165) is 33.5 Å². The van der Waals surface area contributed by atoms with Crippen LogP contribution in [0.1, 0.15) is 60.3 Å². The Balaban J connectivity index is 1.66. The van der Waals surface area contributed by atoms with Gasteiger partial charge in [-0.25, -0.2) is 0 Å². The predicted molar refractivity (Wildman–Crippen MR) is 155 cm³/mol. The first-order valence-corrected chi connectivity index (χ1v) is 13.0. The van der Waals surface area contributed by atoms with Crippen LogP contribution in [0.4, 0.5) is 5.69 Å². The van der Waals surface area contributed by atoms with Crippen LogP contribution in [0, 0.1) is 6.92 Å². The summed E-state index contributed by atoms with van der Waals surface area (Å²) in [6, 6.07) is 31.5. The third-order valence-corrected chi connectivity index (χ3v) is 8.29. The van der Waals surface area contributed by atoms with Crippen LogP contribution < -0.4 is 10.6 Å². The van der Waals surface area contributed by atoms with Gasteiger partial charge in [0.2, 0.25) is 5.91 Å². The summed E-state index contributed by atoms with van der Waals surface area (Å²) in [7, 11) is 0. The van der Waals surface area contributed by atoms with Crippen LogP contribution in [0.3, 0.4) is 0 Å².